The molecule has 0 fully saturated rings. The van der Waals surface area contributed by atoms with Crippen molar-refractivity contribution >= 4 is 44.1 Å². The van der Waals surface area contributed by atoms with Crippen molar-refractivity contribution < 1.29 is 4.79 Å². The number of anilines is 1. The van der Waals surface area contributed by atoms with E-state index in [1.54, 1.807) is 0 Å². The van der Waals surface area contributed by atoms with Gasteiger partial charge in [0.15, 0.2) is 0 Å². The van der Waals surface area contributed by atoms with Crippen molar-refractivity contribution in [3.8, 4) is 0 Å². The molecular formula is C20H18BrN3O. The van der Waals surface area contributed by atoms with E-state index in [9.17, 15) is 4.79 Å². The van der Waals surface area contributed by atoms with Gasteiger partial charge in [0.1, 0.15) is 0 Å². The number of nitrogens with one attached hydrogen (secondary N) is 2. The Labute approximate surface area is 154 Å². The number of carbonyl (C=O) groups is 1. The molecule has 2 N–H and O–H groups in total. The van der Waals surface area contributed by atoms with Crippen LogP contribution in [0.3, 0.4) is 0 Å². The van der Waals surface area contributed by atoms with Gasteiger partial charge in [-0.15, -0.1) is 0 Å². The molecule has 25 heavy (non-hydrogen) atoms. The molecule has 0 spiro atoms. The molecule has 1 aliphatic heterocycles. The highest BCUT2D eigenvalue weighted by Gasteiger charge is 2.19. The quantitative estimate of drug-likeness (QED) is 0.611. The molecular weight excluding hydrogens is 378 g/mol. The van der Waals surface area contributed by atoms with Gasteiger partial charge in [-0.1, -0.05) is 36.4 Å². The van der Waals surface area contributed by atoms with Crippen LogP contribution in [0, 0.1) is 0 Å². The molecule has 0 unspecified atom stereocenters. The monoisotopic (exact) mass is 395 g/mol. The minimum Gasteiger partial charge on any atom is -0.361 e. The zero-order chi connectivity index (χ0) is 17.2. The number of para-hydroxylation sites is 2. The van der Waals surface area contributed by atoms with Gasteiger partial charge in [0.25, 0.3) is 0 Å². The van der Waals surface area contributed by atoms with Crippen LogP contribution < -0.4 is 5.32 Å². The molecule has 0 saturated carbocycles. The Kier molecular flexibility index (Phi) is 4.32. The number of rotatable bonds is 2. The molecule has 5 heteroatoms. The first-order valence-corrected chi connectivity index (χ1v) is 9.07. The number of benzene rings is 2. The van der Waals surface area contributed by atoms with Crippen LogP contribution >= 0.6 is 15.9 Å². The van der Waals surface area contributed by atoms with Gasteiger partial charge in [-0.05, 0) is 46.1 Å². The third-order valence-electron chi connectivity index (χ3n) is 4.55. The van der Waals surface area contributed by atoms with Crippen molar-refractivity contribution in [1.29, 1.82) is 0 Å². The zero-order valence-electron chi connectivity index (χ0n) is 13.6. The Hall–Kier alpha value is -2.53. The molecule has 0 radical (unpaired) electrons. The highest BCUT2D eigenvalue weighted by atomic mass is 79.9. The van der Waals surface area contributed by atoms with E-state index in [1.807, 2.05) is 35.2 Å². The minimum absolute atomic E-state index is 0.0684. The van der Waals surface area contributed by atoms with Crippen molar-refractivity contribution in [2.75, 3.05) is 18.4 Å². The number of hydrogen-bond donors (Lipinski definition) is 2. The zero-order valence-corrected chi connectivity index (χ0v) is 15.2. The second-order valence-corrected chi connectivity index (χ2v) is 6.94. The lowest BCUT2D eigenvalue weighted by Gasteiger charge is -2.27. The van der Waals surface area contributed by atoms with Crippen molar-refractivity contribution in [3.05, 3.63) is 70.8 Å². The third kappa shape index (κ3) is 3.20. The summed E-state index contributed by atoms with van der Waals surface area (Å²) in [7, 11) is 0. The molecule has 1 aromatic heterocycles. The summed E-state index contributed by atoms with van der Waals surface area (Å²) < 4.78 is 0.885. The number of nitrogens with zero attached hydrogens (tertiary/aromatic N) is 1. The molecule has 126 valence electrons. The molecule has 0 atom stereocenters. The summed E-state index contributed by atoms with van der Waals surface area (Å²) in [6.07, 6.45) is 5.07. The Morgan fingerprint density at radius 3 is 2.72 bits per heavy atom. The summed E-state index contributed by atoms with van der Waals surface area (Å²) in [4.78, 5) is 17.6. The number of H-pyrrole nitrogens is 1. The molecule has 0 saturated heterocycles. The summed E-state index contributed by atoms with van der Waals surface area (Å²) in [6.45, 7) is 1.33. The normalized spacial score (nSPS) is 14.4. The van der Waals surface area contributed by atoms with Gasteiger partial charge in [0.05, 0.1) is 5.69 Å². The van der Waals surface area contributed by atoms with Crippen LogP contribution in [0.25, 0.3) is 16.5 Å². The van der Waals surface area contributed by atoms with E-state index in [-0.39, 0.29) is 6.03 Å². The predicted octanol–water partition coefficient (Wildman–Crippen LogP) is 5.25. The van der Waals surface area contributed by atoms with E-state index >= 15 is 0 Å². The fraction of sp³-hybridized carbons (Fsp3) is 0.150. The maximum absolute atomic E-state index is 12.5. The lowest BCUT2D eigenvalue weighted by molar-refractivity contribution is 0.217. The molecule has 2 aromatic carbocycles. The minimum atomic E-state index is -0.0684. The fourth-order valence-electron chi connectivity index (χ4n) is 3.19. The number of hydrogen-bond acceptors (Lipinski definition) is 1. The second kappa shape index (κ2) is 6.76. The van der Waals surface area contributed by atoms with Gasteiger partial charge >= 0.3 is 6.03 Å². The average Bonchev–Trinajstić information content (AvgIpc) is 3.08. The van der Waals surface area contributed by atoms with Crippen LogP contribution in [0.2, 0.25) is 0 Å². The average molecular weight is 396 g/mol. The Bertz CT molecular complexity index is 960. The standard InChI is InChI=1S/C20H18BrN3O/c21-17-6-2-4-8-19(17)23-20(25)24-11-9-14(10-12-24)16-13-22-18-7-3-1-5-15(16)18/h1-9,13,22H,10-12H2,(H,23,25). The van der Waals surface area contributed by atoms with E-state index in [0.717, 1.165) is 22.1 Å². The number of carbonyl (C=O) groups excluding carboxylic acids is 1. The number of amides is 2. The van der Waals surface area contributed by atoms with Crippen molar-refractivity contribution in [2.45, 2.75) is 6.42 Å². The summed E-state index contributed by atoms with van der Waals surface area (Å²) in [6, 6.07) is 15.9. The first kappa shape index (κ1) is 16.0. The van der Waals surface area contributed by atoms with Crippen molar-refractivity contribution in [3.63, 3.8) is 0 Å². The first-order valence-electron chi connectivity index (χ1n) is 8.28. The second-order valence-electron chi connectivity index (χ2n) is 6.08. The number of aromatic nitrogens is 1. The van der Waals surface area contributed by atoms with Gasteiger partial charge in [-0.25, -0.2) is 4.79 Å². The van der Waals surface area contributed by atoms with E-state index in [4.69, 9.17) is 0 Å². The number of halogens is 1. The molecule has 0 bridgehead atoms. The predicted molar refractivity (Wildman–Crippen MR) is 106 cm³/mol. The molecule has 4 rings (SSSR count). The maximum atomic E-state index is 12.5. The highest BCUT2D eigenvalue weighted by Crippen LogP contribution is 2.29. The topological polar surface area (TPSA) is 48.1 Å². The van der Waals surface area contributed by atoms with Crippen LogP contribution in [0.5, 0.6) is 0 Å². The summed E-state index contributed by atoms with van der Waals surface area (Å²) in [5.41, 5.74) is 4.47. The summed E-state index contributed by atoms with van der Waals surface area (Å²) in [5, 5.41) is 4.20. The number of urea groups is 1. The lowest BCUT2D eigenvalue weighted by atomic mass is 9.99. The van der Waals surface area contributed by atoms with E-state index in [0.29, 0.717) is 13.1 Å². The molecule has 2 amide bonds. The van der Waals surface area contributed by atoms with E-state index < -0.39 is 0 Å². The van der Waals surface area contributed by atoms with Gasteiger partial charge in [-0.3, -0.25) is 0 Å². The molecule has 3 aromatic rings. The molecule has 4 nitrogen and oxygen atoms in total. The van der Waals surface area contributed by atoms with Gasteiger partial charge < -0.3 is 15.2 Å². The van der Waals surface area contributed by atoms with Gasteiger partial charge in [0.2, 0.25) is 0 Å². The Balaban J connectivity index is 1.48. The summed E-state index contributed by atoms with van der Waals surface area (Å²) in [5.74, 6) is 0. The fourth-order valence-corrected chi connectivity index (χ4v) is 3.58. The van der Waals surface area contributed by atoms with Crippen molar-refractivity contribution in [1.82, 2.24) is 9.88 Å². The van der Waals surface area contributed by atoms with Gasteiger partial charge in [0, 0.05) is 40.2 Å². The van der Waals surface area contributed by atoms with E-state index in [2.05, 4.69) is 56.7 Å². The smallest absolute Gasteiger partial charge is 0.322 e. The van der Waals surface area contributed by atoms with Crippen LogP contribution in [0.4, 0.5) is 10.5 Å². The molecule has 0 aliphatic carbocycles. The largest absolute Gasteiger partial charge is 0.361 e. The van der Waals surface area contributed by atoms with Crippen LogP contribution in [-0.2, 0) is 0 Å². The van der Waals surface area contributed by atoms with Crippen LogP contribution in [0.1, 0.15) is 12.0 Å². The summed E-state index contributed by atoms with van der Waals surface area (Å²) >= 11 is 3.46. The van der Waals surface area contributed by atoms with E-state index in [1.165, 1.54) is 16.5 Å². The van der Waals surface area contributed by atoms with Crippen LogP contribution in [-0.4, -0.2) is 29.0 Å². The highest BCUT2D eigenvalue weighted by molar-refractivity contribution is 9.10. The third-order valence-corrected chi connectivity index (χ3v) is 5.24. The Morgan fingerprint density at radius 2 is 1.92 bits per heavy atom. The van der Waals surface area contributed by atoms with Crippen LogP contribution in [0.15, 0.2) is 65.3 Å². The number of aromatic amines is 1. The number of fused-ring (bicyclic) bond motifs is 1. The molecule has 1 aliphatic rings. The van der Waals surface area contributed by atoms with Gasteiger partial charge in [-0.2, -0.15) is 0 Å². The SMILES string of the molecule is O=C(Nc1ccccc1Br)N1CC=C(c2c[nH]c3ccccc23)CC1. The van der Waals surface area contributed by atoms with Crippen molar-refractivity contribution in [2.24, 2.45) is 0 Å². The maximum Gasteiger partial charge on any atom is 0.322 e. The lowest BCUT2D eigenvalue weighted by Crippen LogP contribution is -2.37. The molecule has 2 heterocycles. The Morgan fingerprint density at radius 1 is 1.12 bits per heavy atom. The first-order chi connectivity index (χ1) is 12.2.